The van der Waals surface area contributed by atoms with Gasteiger partial charge in [-0.3, -0.25) is 4.55 Å². The average molecular weight is 367 g/mol. The molecule has 0 unspecified atom stereocenters. The van der Waals surface area contributed by atoms with Crippen molar-refractivity contribution < 1.29 is 17.5 Å². The molecule has 0 heterocycles. The van der Waals surface area contributed by atoms with Crippen molar-refractivity contribution in [3.8, 4) is 0 Å². The zero-order valence-electron chi connectivity index (χ0n) is 17.0. The molecule has 0 aliphatic rings. The van der Waals surface area contributed by atoms with Crippen LogP contribution in [0.3, 0.4) is 0 Å². The Kier molecular flexibility index (Phi) is 17.8. The van der Waals surface area contributed by atoms with Gasteiger partial charge in [-0.1, -0.05) is 60.3 Å². The fraction of sp³-hybridized carbons (Fsp3) is 1.00. The normalized spacial score (nSPS) is 11.9. The van der Waals surface area contributed by atoms with Gasteiger partial charge in [0, 0.05) is 0 Å². The second kappa shape index (κ2) is 16.3. The highest BCUT2D eigenvalue weighted by Gasteiger charge is 2.24. The Morgan fingerprint density at radius 1 is 0.625 bits per heavy atom. The third kappa shape index (κ3) is 16.7. The second-order valence-corrected chi connectivity index (χ2v) is 8.51. The lowest BCUT2D eigenvalue weighted by molar-refractivity contribution is -0.929. The summed E-state index contributed by atoms with van der Waals surface area (Å²) in [5.74, 6) is -0.132. The molecule has 0 bridgehead atoms. The smallest absolute Gasteiger partial charge is 0.264 e. The number of quaternary nitrogens is 1. The summed E-state index contributed by atoms with van der Waals surface area (Å²) in [6.07, 6.45) is 11.5. The van der Waals surface area contributed by atoms with Crippen molar-refractivity contribution in [3.05, 3.63) is 0 Å². The second-order valence-electron chi connectivity index (χ2n) is 6.94. The van der Waals surface area contributed by atoms with Crippen LogP contribution in [0.25, 0.3) is 0 Å². The van der Waals surface area contributed by atoms with E-state index in [-0.39, 0.29) is 5.75 Å². The maximum atomic E-state index is 9.79. The zero-order chi connectivity index (χ0) is 18.9. The molecule has 4 nitrogen and oxygen atoms in total. The van der Waals surface area contributed by atoms with Crippen LogP contribution in [-0.2, 0) is 10.1 Å². The summed E-state index contributed by atoms with van der Waals surface area (Å²) in [6.45, 7) is 16.7. The molecule has 0 saturated heterocycles. The molecule has 0 aromatic rings. The third-order valence-corrected chi connectivity index (χ3v) is 5.33. The molecule has 148 valence electrons. The van der Waals surface area contributed by atoms with Crippen molar-refractivity contribution in [1.29, 1.82) is 0 Å². The lowest BCUT2D eigenvalue weighted by Gasteiger charge is -2.39. The van der Waals surface area contributed by atoms with Crippen LogP contribution < -0.4 is 0 Å². The highest BCUT2D eigenvalue weighted by Crippen LogP contribution is 2.16. The van der Waals surface area contributed by atoms with E-state index in [0.29, 0.717) is 6.42 Å². The molecule has 0 spiro atoms. The van der Waals surface area contributed by atoms with Crippen molar-refractivity contribution in [2.75, 3.05) is 31.9 Å². The van der Waals surface area contributed by atoms with Gasteiger partial charge in [-0.05, 0) is 32.1 Å². The highest BCUT2D eigenvalue weighted by molar-refractivity contribution is 7.85. The van der Waals surface area contributed by atoms with Crippen molar-refractivity contribution in [2.24, 2.45) is 0 Å². The Bertz CT molecular complexity index is 318. The van der Waals surface area contributed by atoms with Crippen LogP contribution in [0.5, 0.6) is 0 Å². The Morgan fingerprint density at radius 2 is 0.917 bits per heavy atom. The minimum atomic E-state index is -3.67. The maximum absolute atomic E-state index is 9.79. The standard InChI is InChI=1S/C16H36N.C3H8O3S/c1-5-9-13-17(14-10-6-2,15-11-7-3)16-12-8-4;1-2-3-7(4,5)6/h5-16H2,1-4H3;2-3H2,1H3,(H,4,5,6)/q+1;. The first-order valence-electron chi connectivity index (χ1n) is 10.1. The van der Waals surface area contributed by atoms with E-state index < -0.39 is 10.1 Å². The van der Waals surface area contributed by atoms with E-state index >= 15 is 0 Å². The zero-order valence-corrected chi connectivity index (χ0v) is 17.8. The van der Waals surface area contributed by atoms with Gasteiger partial charge >= 0.3 is 0 Å². The Morgan fingerprint density at radius 3 is 1.04 bits per heavy atom. The van der Waals surface area contributed by atoms with Gasteiger partial charge in [0.15, 0.2) is 0 Å². The average Bonchev–Trinajstić information content (AvgIpc) is 2.53. The van der Waals surface area contributed by atoms with Gasteiger partial charge in [0.2, 0.25) is 0 Å². The van der Waals surface area contributed by atoms with Gasteiger partial charge in [-0.25, -0.2) is 0 Å². The summed E-state index contributed by atoms with van der Waals surface area (Å²) in [7, 11) is -3.67. The van der Waals surface area contributed by atoms with Crippen LogP contribution in [0.15, 0.2) is 0 Å². The molecule has 0 aliphatic heterocycles. The molecule has 0 rings (SSSR count). The topological polar surface area (TPSA) is 54.4 Å². The molecule has 0 amide bonds. The molecular formula is C19H44NO3S+. The summed E-state index contributed by atoms with van der Waals surface area (Å²) in [5.41, 5.74) is 0. The molecule has 5 heteroatoms. The molecule has 1 N–H and O–H groups in total. The molecule has 0 radical (unpaired) electrons. The Balaban J connectivity index is 0. The van der Waals surface area contributed by atoms with Crippen LogP contribution in [-0.4, -0.2) is 49.4 Å². The number of hydrogen-bond acceptors (Lipinski definition) is 2. The van der Waals surface area contributed by atoms with E-state index in [2.05, 4.69) is 27.7 Å². The van der Waals surface area contributed by atoms with Crippen molar-refractivity contribution in [3.63, 3.8) is 0 Å². The third-order valence-electron chi connectivity index (χ3n) is 4.41. The van der Waals surface area contributed by atoms with E-state index in [1.54, 1.807) is 6.92 Å². The van der Waals surface area contributed by atoms with E-state index in [0.717, 1.165) is 0 Å². The number of hydrogen-bond donors (Lipinski definition) is 1. The molecule has 0 aliphatic carbocycles. The first kappa shape index (κ1) is 26.1. The number of rotatable bonds is 14. The van der Waals surface area contributed by atoms with Gasteiger partial charge in [0.25, 0.3) is 10.1 Å². The summed E-state index contributed by atoms with van der Waals surface area (Å²) < 4.78 is 29.0. The predicted octanol–water partition coefficient (Wildman–Crippen LogP) is 5.29. The quantitative estimate of drug-likeness (QED) is 0.336. The van der Waals surface area contributed by atoms with E-state index in [1.165, 1.54) is 82.0 Å². The van der Waals surface area contributed by atoms with Crippen LogP contribution >= 0.6 is 0 Å². The maximum Gasteiger partial charge on any atom is 0.264 e. The van der Waals surface area contributed by atoms with Crippen molar-refractivity contribution in [2.45, 2.75) is 92.4 Å². The molecule has 0 saturated carbocycles. The van der Waals surface area contributed by atoms with Crippen LogP contribution in [0, 0.1) is 0 Å². The molecular weight excluding hydrogens is 322 g/mol. The lowest BCUT2D eigenvalue weighted by atomic mass is 10.1. The summed E-state index contributed by atoms with van der Waals surface area (Å²) >= 11 is 0. The number of nitrogens with zero attached hydrogens (tertiary/aromatic N) is 1. The van der Waals surface area contributed by atoms with Gasteiger partial charge in [0.1, 0.15) is 0 Å². The fourth-order valence-electron chi connectivity index (χ4n) is 2.90. The minimum absolute atomic E-state index is 0.132. The first-order chi connectivity index (χ1) is 11.3. The van der Waals surface area contributed by atoms with Crippen LogP contribution in [0.1, 0.15) is 92.4 Å². The summed E-state index contributed by atoms with van der Waals surface area (Å²) in [4.78, 5) is 0. The van der Waals surface area contributed by atoms with Crippen LogP contribution in [0.4, 0.5) is 0 Å². The molecule has 0 aromatic heterocycles. The molecule has 0 fully saturated rings. The Labute approximate surface area is 152 Å². The molecule has 24 heavy (non-hydrogen) atoms. The van der Waals surface area contributed by atoms with Crippen LogP contribution in [0.2, 0.25) is 0 Å². The monoisotopic (exact) mass is 366 g/mol. The van der Waals surface area contributed by atoms with Gasteiger partial charge in [0.05, 0.1) is 31.9 Å². The first-order valence-corrected chi connectivity index (χ1v) is 11.7. The van der Waals surface area contributed by atoms with Crippen molar-refractivity contribution >= 4 is 10.1 Å². The fourth-order valence-corrected chi connectivity index (χ4v) is 3.42. The summed E-state index contributed by atoms with van der Waals surface area (Å²) in [5, 5.41) is 0. The lowest BCUT2D eigenvalue weighted by Crippen LogP contribution is -2.50. The predicted molar refractivity (Wildman–Crippen MR) is 106 cm³/mol. The minimum Gasteiger partial charge on any atom is -0.324 e. The largest absolute Gasteiger partial charge is 0.324 e. The van der Waals surface area contributed by atoms with E-state index in [4.69, 9.17) is 4.55 Å². The van der Waals surface area contributed by atoms with Gasteiger partial charge in [-0.15, -0.1) is 0 Å². The van der Waals surface area contributed by atoms with Gasteiger partial charge in [-0.2, -0.15) is 8.42 Å². The molecule has 0 aromatic carbocycles. The Hall–Kier alpha value is -0.130. The highest BCUT2D eigenvalue weighted by atomic mass is 32.2. The molecule has 0 atom stereocenters. The number of unbranched alkanes of at least 4 members (excludes halogenated alkanes) is 4. The summed E-state index contributed by atoms with van der Waals surface area (Å²) in [6, 6.07) is 0. The van der Waals surface area contributed by atoms with Crippen molar-refractivity contribution in [1.82, 2.24) is 0 Å². The van der Waals surface area contributed by atoms with Gasteiger partial charge < -0.3 is 4.48 Å². The van der Waals surface area contributed by atoms with E-state index in [1.807, 2.05) is 0 Å². The SMILES string of the molecule is CCCC[N+](CCCC)(CCCC)CCCC.CCCS(=O)(=O)O. The van der Waals surface area contributed by atoms with E-state index in [9.17, 15) is 8.42 Å².